The summed E-state index contributed by atoms with van der Waals surface area (Å²) < 4.78 is 50.9. The van der Waals surface area contributed by atoms with Crippen molar-refractivity contribution in [2.24, 2.45) is 0 Å². The highest BCUT2D eigenvalue weighted by Gasteiger charge is 2.32. The number of nitrogens with one attached hydrogen (secondary N) is 2. The molecule has 14 heteroatoms. The van der Waals surface area contributed by atoms with Crippen molar-refractivity contribution >= 4 is 39.0 Å². The number of ether oxygens (including phenoxy) is 2. The van der Waals surface area contributed by atoms with Gasteiger partial charge in [0.05, 0.1) is 24.8 Å². The lowest BCUT2D eigenvalue weighted by molar-refractivity contribution is -0.133. The summed E-state index contributed by atoms with van der Waals surface area (Å²) in [5.41, 5.74) is 0.205. The zero-order valence-electron chi connectivity index (χ0n) is 24.9. The molecule has 0 aromatic carbocycles. The Bertz CT molecular complexity index is 1210. The Balaban J connectivity index is 1.75. The highest BCUT2D eigenvalue weighted by Crippen LogP contribution is 2.33. The van der Waals surface area contributed by atoms with Crippen molar-refractivity contribution in [3.05, 3.63) is 18.0 Å². The van der Waals surface area contributed by atoms with Gasteiger partial charge in [-0.25, -0.2) is 24.8 Å². The highest BCUT2D eigenvalue weighted by atomic mass is 32.3. The molecule has 2 N–H and O–H groups in total. The molecule has 0 unspecified atom stereocenters. The molecule has 3 heterocycles. The number of piperidine rings is 1. The van der Waals surface area contributed by atoms with Gasteiger partial charge in [0.2, 0.25) is 0 Å². The number of halogens is 3. The molecule has 0 bridgehead atoms. The number of anilines is 1. The number of hydrogen-bond acceptors (Lipinski definition) is 7. The van der Waals surface area contributed by atoms with Gasteiger partial charge in [-0.1, -0.05) is 0 Å². The largest absolute Gasteiger partial charge is 0.444 e. The van der Waals surface area contributed by atoms with Crippen LogP contribution in [0.15, 0.2) is 12.4 Å². The summed E-state index contributed by atoms with van der Waals surface area (Å²) in [4.78, 5) is 36.3. The number of hydrogen-bond donors (Lipinski definition) is 2. The van der Waals surface area contributed by atoms with E-state index in [1.165, 1.54) is 6.20 Å². The van der Waals surface area contributed by atoms with Gasteiger partial charge in [-0.2, -0.15) is 13.2 Å². The standard InChI is InChI=1S/C27H43F3N6O4S/c1-18-14-19(8-11-36(18)25(38)40-26(2,3)4)33-21-15-32-23-22(34-21)20(24(37)31-10-9-27(28,29)30)16-35(23)17-39-12-13-41(5,6)7/h15-16,18-19H,8-14,17H2,1-7H3,(H,31,37)(H,33,34)/t18-,19+/m1/s1. The lowest BCUT2D eigenvalue weighted by Gasteiger charge is -2.38. The van der Waals surface area contributed by atoms with Gasteiger partial charge < -0.3 is 29.6 Å². The van der Waals surface area contributed by atoms with Crippen LogP contribution in [-0.2, 0) is 16.2 Å². The first-order chi connectivity index (χ1) is 18.9. The van der Waals surface area contributed by atoms with Gasteiger partial charge in [-0.3, -0.25) is 4.79 Å². The second-order valence-corrected chi connectivity index (χ2v) is 16.9. The molecule has 2 aromatic rings. The summed E-state index contributed by atoms with van der Waals surface area (Å²) in [5, 5.41) is 5.69. The zero-order chi connectivity index (χ0) is 30.6. The fraction of sp³-hybridized carbons (Fsp3) is 0.704. The fourth-order valence-corrected chi connectivity index (χ4v) is 4.99. The van der Waals surface area contributed by atoms with E-state index in [4.69, 9.17) is 9.47 Å². The first-order valence-electron chi connectivity index (χ1n) is 13.6. The van der Waals surface area contributed by atoms with E-state index in [1.54, 1.807) is 15.7 Å². The summed E-state index contributed by atoms with van der Waals surface area (Å²) in [6, 6.07) is -0.0826. The molecule has 1 aliphatic heterocycles. The maximum Gasteiger partial charge on any atom is 0.410 e. The van der Waals surface area contributed by atoms with Crippen LogP contribution in [0.1, 0.15) is 57.3 Å². The molecule has 0 radical (unpaired) electrons. The van der Waals surface area contributed by atoms with E-state index in [9.17, 15) is 22.8 Å². The predicted octanol–water partition coefficient (Wildman–Crippen LogP) is 4.98. The Labute approximate surface area is 241 Å². The Morgan fingerprint density at radius 1 is 1.20 bits per heavy atom. The van der Waals surface area contributed by atoms with Crippen LogP contribution < -0.4 is 10.6 Å². The molecule has 0 spiro atoms. The van der Waals surface area contributed by atoms with Gasteiger partial charge in [0.1, 0.15) is 23.7 Å². The second kappa shape index (κ2) is 13.1. The van der Waals surface area contributed by atoms with Crippen molar-refractivity contribution in [3.63, 3.8) is 0 Å². The van der Waals surface area contributed by atoms with E-state index in [0.717, 1.165) is 5.75 Å². The predicted molar refractivity (Wildman–Crippen MR) is 156 cm³/mol. The quantitative estimate of drug-likeness (QED) is 0.368. The van der Waals surface area contributed by atoms with E-state index >= 15 is 0 Å². The Morgan fingerprint density at radius 3 is 2.51 bits per heavy atom. The Kier molecular flexibility index (Phi) is 10.4. The Hall–Kier alpha value is -2.74. The number of rotatable bonds is 10. The SMILES string of the molecule is C[C@@H]1C[C@@H](Nc2cnc3c(n2)c(C(=O)NCCC(F)(F)F)cn3COCCS(C)(C)C)CCN1C(=O)OC(C)(C)C. The average Bonchev–Trinajstić information content (AvgIpc) is 3.17. The fourth-order valence-electron chi connectivity index (χ4n) is 4.37. The number of carbonyl (C=O) groups is 2. The van der Waals surface area contributed by atoms with Crippen LogP contribution in [0.3, 0.4) is 0 Å². The third-order valence-electron chi connectivity index (χ3n) is 6.43. The highest BCUT2D eigenvalue weighted by molar-refractivity contribution is 8.32. The van der Waals surface area contributed by atoms with Crippen molar-refractivity contribution in [1.82, 2.24) is 24.8 Å². The van der Waals surface area contributed by atoms with Crippen LogP contribution in [0.25, 0.3) is 11.2 Å². The number of alkyl halides is 3. The molecular weight excluding hydrogens is 561 g/mol. The second-order valence-electron chi connectivity index (χ2n) is 12.3. The maximum absolute atomic E-state index is 12.9. The minimum Gasteiger partial charge on any atom is -0.444 e. The summed E-state index contributed by atoms with van der Waals surface area (Å²) in [7, 11) is -0.747. The molecule has 232 valence electrons. The van der Waals surface area contributed by atoms with E-state index in [2.05, 4.69) is 39.4 Å². The first kappa shape index (κ1) is 32.8. The van der Waals surface area contributed by atoms with E-state index in [1.807, 2.05) is 27.7 Å². The van der Waals surface area contributed by atoms with Crippen molar-refractivity contribution in [3.8, 4) is 0 Å². The van der Waals surface area contributed by atoms with Crippen LogP contribution in [0, 0.1) is 0 Å². The Morgan fingerprint density at radius 2 is 1.90 bits per heavy atom. The lowest BCUT2D eigenvalue weighted by atomic mass is 9.99. The van der Waals surface area contributed by atoms with Crippen molar-refractivity contribution < 1.29 is 32.2 Å². The first-order valence-corrected chi connectivity index (χ1v) is 16.7. The smallest absolute Gasteiger partial charge is 0.410 e. The number of amides is 2. The summed E-state index contributed by atoms with van der Waals surface area (Å²) in [6.45, 7) is 8.06. The van der Waals surface area contributed by atoms with E-state index < -0.39 is 40.7 Å². The third-order valence-corrected chi connectivity index (χ3v) is 7.82. The number of likely N-dealkylation sites (tertiary alicyclic amines) is 1. The van der Waals surface area contributed by atoms with Gasteiger partial charge in [0.15, 0.2) is 5.65 Å². The average molecular weight is 605 g/mol. The molecule has 2 amide bonds. The van der Waals surface area contributed by atoms with Gasteiger partial charge in [-0.05, 0) is 59.3 Å². The zero-order valence-corrected chi connectivity index (χ0v) is 25.7. The molecule has 3 rings (SSSR count). The van der Waals surface area contributed by atoms with Gasteiger partial charge in [0, 0.05) is 37.1 Å². The van der Waals surface area contributed by atoms with Crippen molar-refractivity contribution in [2.75, 3.05) is 49.5 Å². The molecule has 1 aliphatic rings. The minimum atomic E-state index is -4.38. The van der Waals surface area contributed by atoms with Crippen LogP contribution >= 0.6 is 10.0 Å². The van der Waals surface area contributed by atoms with Crippen LogP contribution in [0.5, 0.6) is 0 Å². The molecule has 1 saturated heterocycles. The minimum absolute atomic E-state index is 0.00943. The number of aromatic nitrogens is 3. The van der Waals surface area contributed by atoms with E-state index in [0.29, 0.717) is 37.5 Å². The van der Waals surface area contributed by atoms with Crippen molar-refractivity contribution in [2.45, 2.75) is 77.5 Å². The molecule has 2 aromatic heterocycles. The normalized spacial score (nSPS) is 18.8. The summed E-state index contributed by atoms with van der Waals surface area (Å²) in [5.74, 6) is 0.671. The lowest BCUT2D eigenvalue weighted by Crippen LogP contribution is -2.49. The van der Waals surface area contributed by atoms with E-state index in [-0.39, 0.29) is 36.0 Å². The summed E-state index contributed by atoms with van der Waals surface area (Å²) in [6.07, 6.45) is 5.08. The third kappa shape index (κ3) is 10.2. The molecule has 0 aliphatic carbocycles. The maximum atomic E-state index is 12.9. The van der Waals surface area contributed by atoms with Gasteiger partial charge in [0.25, 0.3) is 5.91 Å². The molecular formula is C27H43F3N6O4S. The molecule has 1 fully saturated rings. The topological polar surface area (TPSA) is 111 Å². The monoisotopic (exact) mass is 604 g/mol. The van der Waals surface area contributed by atoms with Crippen LogP contribution in [-0.4, -0.2) is 99.5 Å². The van der Waals surface area contributed by atoms with Crippen LogP contribution in [0.2, 0.25) is 0 Å². The molecule has 2 atom stereocenters. The van der Waals surface area contributed by atoms with Gasteiger partial charge >= 0.3 is 12.3 Å². The number of nitrogens with zero attached hydrogens (tertiary/aromatic N) is 4. The van der Waals surface area contributed by atoms with Gasteiger partial charge in [-0.15, -0.1) is 0 Å². The number of carbonyl (C=O) groups excluding carboxylic acids is 2. The van der Waals surface area contributed by atoms with Crippen molar-refractivity contribution in [1.29, 1.82) is 0 Å². The number of fused-ring (bicyclic) bond motifs is 1. The summed E-state index contributed by atoms with van der Waals surface area (Å²) >= 11 is 0. The molecule has 0 saturated carbocycles. The molecule has 10 nitrogen and oxygen atoms in total. The van der Waals surface area contributed by atoms with Crippen LogP contribution in [0.4, 0.5) is 23.8 Å². The molecule has 41 heavy (non-hydrogen) atoms.